The zero-order valence-electron chi connectivity index (χ0n) is 15.5. The number of aromatic amines is 1. The number of benzene rings is 1. The second-order valence-electron chi connectivity index (χ2n) is 6.12. The van der Waals surface area contributed by atoms with E-state index in [1.807, 2.05) is 13.8 Å². The number of hydrogen-bond donors (Lipinski definition) is 2. The Morgan fingerprint density at radius 1 is 1.23 bits per heavy atom. The average molecular weight is 363 g/mol. The highest BCUT2D eigenvalue weighted by Gasteiger charge is 2.13. The van der Waals surface area contributed by atoms with Crippen molar-refractivity contribution in [1.82, 2.24) is 14.9 Å². The monoisotopic (exact) mass is 363 g/mol. The van der Waals surface area contributed by atoms with Gasteiger partial charge in [-0.25, -0.2) is 4.79 Å². The number of methoxy groups -OCH3 is 2. The second kappa shape index (κ2) is 8.55. The summed E-state index contributed by atoms with van der Waals surface area (Å²) in [4.78, 5) is 39.4. The van der Waals surface area contributed by atoms with E-state index in [4.69, 9.17) is 9.47 Å². The van der Waals surface area contributed by atoms with Gasteiger partial charge in [0.25, 0.3) is 5.56 Å². The molecule has 0 saturated heterocycles. The number of fused-ring (bicyclic) bond motifs is 1. The smallest absolute Gasteiger partial charge is 0.328 e. The lowest BCUT2D eigenvalue weighted by Gasteiger charge is -2.12. The molecule has 26 heavy (non-hydrogen) atoms. The van der Waals surface area contributed by atoms with E-state index in [2.05, 4.69) is 10.3 Å². The number of nitrogens with one attached hydrogen (secondary N) is 2. The van der Waals surface area contributed by atoms with Gasteiger partial charge in [0.1, 0.15) is 0 Å². The number of carbonyl (C=O) groups is 1. The lowest BCUT2D eigenvalue weighted by Crippen LogP contribution is -2.36. The van der Waals surface area contributed by atoms with Gasteiger partial charge in [0, 0.05) is 25.1 Å². The SMILES string of the molecule is CC[C@H](C)NC(=O)CCCn1c(=O)[nH]c2cc(OC)c(OC)cc2c1=O. The van der Waals surface area contributed by atoms with Gasteiger partial charge in [0.2, 0.25) is 5.91 Å². The van der Waals surface area contributed by atoms with Gasteiger partial charge in [-0.3, -0.25) is 14.2 Å². The lowest BCUT2D eigenvalue weighted by molar-refractivity contribution is -0.121. The molecule has 1 atom stereocenters. The minimum Gasteiger partial charge on any atom is -0.493 e. The summed E-state index contributed by atoms with van der Waals surface area (Å²) in [5, 5.41) is 3.19. The number of H-pyrrole nitrogens is 1. The normalized spacial score (nSPS) is 12.0. The lowest BCUT2D eigenvalue weighted by atomic mass is 10.2. The number of aromatic nitrogens is 2. The summed E-state index contributed by atoms with van der Waals surface area (Å²) in [6, 6.07) is 3.20. The maximum absolute atomic E-state index is 12.7. The van der Waals surface area contributed by atoms with Gasteiger partial charge >= 0.3 is 5.69 Å². The number of nitrogens with zero attached hydrogens (tertiary/aromatic N) is 1. The zero-order valence-corrected chi connectivity index (χ0v) is 15.5. The predicted molar refractivity (Wildman–Crippen MR) is 99.1 cm³/mol. The van der Waals surface area contributed by atoms with E-state index in [0.717, 1.165) is 11.0 Å². The number of carbonyl (C=O) groups excluding carboxylic acids is 1. The average Bonchev–Trinajstić information content (AvgIpc) is 2.63. The molecule has 2 N–H and O–H groups in total. The van der Waals surface area contributed by atoms with Crippen molar-refractivity contribution in [3.63, 3.8) is 0 Å². The number of amides is 1. The van der Waals surface area contributed by atoms with Crippen LogP contribution >= 0.6 is 0 Å². The van der Waals surface area contributed by atoms with E-state index in [-0.39, 0.29) is 24.9 Å². The second-order valence-corrected chi connectivity index (χ2v) is 6.12. The first-order valence-electron chi connectivity index (χ1n) is 8.59. The molecule has 1 amide bonds. The van der Waals surface area contributed by atoms with Gasteiger partial charge in [-0.15, -0.1) is 0 Å². The first-order valence-corrected chi connectivity index (χ1v) is 8.59. The van der Waals surface area contributed by atoms with Crippen LogP contribution < -0.4 is 26.0 Å². The molecule has 8 heteroatoms. The Kier molecular flexibility index (Phi) is 6.43. The van der Waals surface area contributed by atoms with Gasteiger partial charge in [0.05, 0.1) is 25.1 Å². The Labute approximate surface area is 151 Å². The van der Waals surface area contributed by atoms with E-state index in [1.54, 1.807) is 12.1 Å². The zero-order chi connectivity index (χ0) is 19.3. The van der Waals surface area contributed by atoms with E-state index in [1.165, 1.54) is 14.2 Å². The molecule has 0 aliphatic heterocycles. The van der Waals surface area contributed by atoms with Crippen molar-refractivity contribution in [2.75, 3.05) is 14.2 Å². The molecule has 0 unspecified atom stereocenters. The van der Waals surface area contributed by atoms with E-state index in [0.29, 0.717) is 28.8 Å². The fourth-order valence-corrected chi connectivity index (χ4v) is 2.63. The highest BCUT2D eigenvalue weighted by Crippen LogP contribution is 2.29. The molecule has 0 spiro atoms. The Bertz CT molecular complexity index is 900. The van der Waals surface area contributed by atoms with Gasteiger partial charge in [-0.2, -0.15) is 0 Å². The van der Waals surface area contributed by atoms with Gasteiger partial charge in [0.15, 0.2) is 11.5 Å². The van der Waals surface area contributed by atoms with Gasteiger partial charge in [-0.1, -0.05) is 6.92 Å². The van der Waals surface area contributed by atoms with Crippen LogP contribution in [0.25, 0.3) is 10.9 Å². The van der Waals surface area contributed by atoms with Crippen LogP contribution in [0.15, 0.2) is 21.7 Å². The maximum atomic E-state index is 12.7. The molecule has 2 aromatic rings. The minimum atomic E-state index is -0.517. The first kappa shape index (κ1) is 19.6. The fourth-order valence-electron chi connectivity index (χ4n) is 2.63. The van der Waals surface area contributed by atoms with Crippen molar-refractivity contribution >= 4 is 16.8 Å². The summed E-state index contributed by atoms with van der Waals surface area (Å²) in [6.07, 6.45) is 1.49. The summed E-state index contributed by atoms with van der Waals surface area (Å²) in [5.41, 5.74) is -0.562. The molecule has 0 fully saturated rings. The van der Waals surface area contributed by atoms with Crippen LogP contribution in [0.2, 0.25) is 0 Å². The third-order valence-electron chi connectivity index (χ3n) is 4.29. The standard InChI is InChI=1S/C18H25N3O5/c1-5-11(2)19-16(22)7-6-8-21-17(23)12-9-14(25-3)15(26-4)10-13(12)20-18(21)24/h9-11H,5-8H2,1-4H3,(H,19,22)(H,20,24)/t11-/m0/s1. The van der Waals surface area contributed by atoms with Crippen LogP contribution in [0.3, 0.4) is 0 Å². The molecule has 0 saturated carbocycles. The molecule has 2 rings (SSSR count). The summed E-state index contributed by atoms with van der Waals surface area (Å²) in [7, 11) is 2.96. The molecular weight excluding hydrogens is 338 g/mol. The van der Waals surface area contributed by atoms with Gasteiger partial charge < -0.3 is 19.8 Å². The third-order valence-corrected chi connectivity index (χ3v) is 4.29. The molecule has 8 nitrogen and oxygen atoms in total. The summed E-state index contributed by atoms with van der Waals surface area (Å²) in [5.74, 6) is 0.745. The predicted octanol–water partition coefficient (Wildman–Crippen LogP) is 1.40. The topological polar surface area (TPSA) is 102 Å². The quantitative estimate of drug-likeness (QED) is 0.738. The highest BCUT2D eigenvalue weighted by atomic mass is 16.5. The van der Waals surface area contributed by atoms with Crippen LogP contribution in [-0.2, 0) is 11.3 Å². The molecule has 1 aromatic carbocycles. The Morgan fingerprint density at radius 2 is 1.88 bits per heavy atom. The van der Waals surface area contributed by atoms with Crippen molar-refractivity contribution in [2.24, 2.45) is 0 Å². The van der Waals surface area contributed by atoms with Crippen molar-refractivity contribution in [2.45, 2.75) is 45.7 Å². The molecule has 0 bridgehead atoms. The van der Waals surface area contributed by atoms with E-state index < -0.39 is 11.2 Å². The Balaban J connectivity index is 2.24. The number of ether oxygens (including phenoxy) is 2. The van der Waals surface area contributed by atoms with Crippen LogP contribution in [0, 0.1) is 0 Å². The highest BCUT2D eigenvalue weighted by molar-refractivity contribution is 5.81. The number of hydrogen-bond acceptors (Lipinski definition) is 5. The minimum absolute atomic E-state index is 0.0870. The fraction of sp³-hybridized carbons (Fsp3) is 0.500. The Hall–Kier alpha value is -2.77. The first-order chi connectivity index (χ1) is 12.4. The summed E-state index contributed by atoms with van der Waals surface area (Å²) in [6.45, 7) is 4.08. The molecule has 0 radical (unpaired) electrons. The molecular formula is C18H25N3O5. The van der Waals surface area contributed by atoms with Crippen molar-refractivity contribution in [3.8, 4) is 11.5 Å². The largest absolute Gasteiger partial charge is 0.493 e. The van der Waals surface area contributed by atoms with Crippen LogP contribution in [0.4, 0.5) is 0 Å². The van der Waals surface area contributed by atoms with E-state index in [9.17, 15) is 14.4 Å². The van der Waals surface area contributed by atoms with Crippen LogP contribution in [0.5, 0.6) is 11.5 Å². The maximum Gasteiger partial charge on any atom is 0.328 e. The van der Waals surface area contributed by atoms with Gasteiger partial charge in [-0.05, 0) is 25.8 Å². The van der Waals surface area contributed by atoms with Crippen molar-refractivity contribution in [1.29, 1.82) is 0 Å². The molecule has 0 aliphatic carbocycles. The van der Waals surface area contributed by atoms with Crippen LogP contribution in [-0.4, -0.2) is 35.7 Å². The molecule has 1 heterocycles. The summed E-state index contributed by atoms with van der Waals surface area (Å²) >= 11 is 0. The molecule has 142 valence electrons. The molecule has 1 aromatic heterocycles. The van der Waals surface area contributed by atoms with Crippen molar-refractivity contribution in [3.05, 3.63) is 33.0 Å². The third kappa shape index (κ3) is 4.25. The van der Waals surface area contributed by atoms with E-state index >= 15 is 0 Å². The Morgan fingerprint density at radius 3 is 2.50 bits per heavy atom. The van der Waals surface area contributed by atoms with Crippen molar-refractivity contribution < 1.29 is 14.3 Å². The van der Waals surface area contributed by atoms with Crippen LogP contribution in [0.1, 0.15) is 33.1 Å². The number of rotatable bonds is 8. The molecule has 0 aliphatic rings. The summed E-state index contributed by atoms with van der Waals surface area (Å²) < 4.78 is 11.5.